The maximum Gasteiger partial charge on any atom is 0.257 e. The number of nitrogens with zero attached hydrogens (tertiary/aromatic N) is 3. The van der Waals surface area contributed by atoms with Crippen LogP contribution in [0.2, 0.25) is 0 Å². The smallest absolute Gasteiger partial charge is 0.257 e. The summed E-state index contributed by atoms with van der Waals surface area (Å²) in [5.74, 6) is 0.447. The fourth-order valence-electron chi connectivity index (χ4n) is 2.78. The van der Waals surface area contributed by atoms with Gasteiger partial charge in [-0.2, -0.15) is 0 Å². The van der Waals surface area contributed by atoms with Crippen molar-refractivity contribution in [3.63, 3.8) is 0 Å². The third kappa shape index (κ3) is 4.05. The second kappa shape index (κ2) is 7.77. The van der Waals surface area contributed by atoms with Gasteiger partial charge in [-0.1, -0.05) is 12.1 Å². The van der Waals surface area contributed by atoms with Gasteiger partial charge < -0.3 is 15.1 Å². The lowest BCUT2D eigenvalue weighted by atomic mass is 10.1. The SMILES string of the molecule is CC(=O)c1cccc(NC(=O)c2ccc(N3CCN(C=O)CC3)nc2)c1. The Hall–Kier alpha value is -3.22. The zero-order valence-corrected chi connectivity index (χ0v) is 14.5. The number of anilines is 2. The fraction of sp³-hybridized carbons (Fsp3) is 0.263. The van der Waals surface area contributed by atoms with Gasteiger partial charge in [0.15, 0.2) is 5.78 Å². The number of amides is 2. The lowest BCUT2D eigenvalue weighted by Crippen LogP contribution is -2.46. The number of ketones is 1. The van der Waals surface area contributed by atoms with Crippen LogP contribution in [-0.2, 0) is 4.79 Å². The van der Waals surface area contributed by atoms with Gasteiger partial charge in [0.25, 0.3) is 5.91 Å². The van der Waals surface area contributed by atoms with Gasteiger partial charge in [-0.05, 0) is 31.2 Å². The molecule has 1 fully saturated rings. The highest BCUT2D eigenvalue weighted by molar-refractivity contribution is 6.05. The maximum absolute atomic E-state index is 12.4. The van der Waals surface area contributed by atoms with Crippen LogP contribution >= 0.6 is 0 Å². The summed E-state index contributed by atoms with van der Waals surface area (Å²) in [6.07, 6.45) is 2.39. The van der Waals surface area contributed by atoms with Crippen LogP contribution in [0.25, 0.3) is 0 Å². The molecule has 1 N–H and O–H groups in total. The first-order valence-electron chi connectivity index (χ1n) is 8.39. The molecular weight excluding hydrogens is 332 g/mol. The summed E-state index contributed by atoms with van der Waals surface area (Å²) in [5.41, 5.74) is 1.55. The van der Waals surface area contributed by atoms with E-state index in [4.69, 9.17) is 0 Å². The van der Waals surface area contributed by atoms with Crippen LogP contribution in [0.3, 0.4) is 0 Å². The Morgan fingerprint density at radius 2 is 1.85 bits per heavy atom. The summed E-state index contributed by atoms with van der Waals surface area (Å²) >= 11 is 0. The number of pyridine rings is 1. The Kier molecular flexibility index (Phi) is 5.26. The Labute approximate surface area is 151 Å². The molecule has 134 valence electrons. The quantitative estimate of drug-likeness (QED) is 0.656. The highest BCUT2D eigenvalue weighted by atomic mass is 16.2. The number of carbonyl (C=O) groups is 3. The van der Waals surface area contributed by atoms with E-state index in [0.717, 1.165) is 25.3 Å². The summed E-state index contributed by atoms with van der Waals surface area (Å²) in [6.45, 7) is 4.25. The third-order valence-corrected chi connectivity index (χ3v) is 4.32. The van der Waals surface area contributed by atoms with Gasteiger partial charge in [0.1, 0.15) is 5.82 Å². The molecule has 0 unspecified atom stereocenters. The number of rotatable bonds is 5. The van der Waals surface area contributed by atoms with E-state index in [1.165, 1.54) is 13.1 Å². The molecule has 2 aromatic rings. The number of hydrogen-bond acceptors (Lipinski definition) is 5. The van der Waals surface area contributed by atoms with E-state index in [0.29, 0.717) is 29.9 Å². The molecule has 26 heavy (non-hydrogen) atoms. The van der Waals surface area contributed by atoms with Crippen molar-refractivity contribution in [3.05, 3.63) is 53.7 Å². The van der Waals surface area contributed by atoms with Crippen molar-refractivity contribution in [1.82, 2.24) is 9.88 Å². The van der Waals surface area contributed by atoms with E-state index in [1.54, 1.807) is 41.3 Å². The lowest BCUT2D eigenvalue weighted by molar-refractivity contribution is -0.118. The van der Waals surface area contributed by atoms with Crippen molar-refractivity contribution < 1.29 is 14.4 Å². The molecule has 0 aliphatic carbocycles. The molecule has 1 saturated heterocycles. The van der Waals surface area contributed by atoms with Gasteiger partial charge in [-0.25, -0.2) is 4.98 Å². The highest BCUT2D eigenvalue weighted by Crippen LogP contribution is 2.16. The van der Waals surface area contributed by atoms with E-state index in [1.807, 2.05) is 0 Å². The summed E-state index contributed by atoms with van der Waals surface area (Å²) < 4.78 is 0. The normalized spacial score (nSPS) is 14.0. The number of piperazine rings is 1. The van der Waals surface area contributed by atoms with Gasteiger partial charge >= 0.3 is 0 Å². The van der Waals surface area contributed by atoms with Crippen molar-refractivity contribution in [3.8, 4) is 0 Å². The molecule has 2 heterocycles. The predicted molar refractivity (Wildman–Crippen MR) is 98.5 cm³/mol. The molecule has 0 bridgehead atoms. The van der Waals surface area contributed by atoms with Crippen LogP contribution in [0.4, 0.5) is 11.5 Å². The van der Waals surface area contributed by atoms with Crippen LogP contribution in [-0.4, -0.2) is 54.2 Å². The summed E-state index contributed by atoms with van der Waals surface area (Å²) in [7, 11) is 0. The minimum atomic E-state index is -0.282. The zero-order valence-electron chi connectivity index (χ0n) is 14.5. The van der Waals surface area contributed by atoms with E-state index in [2.05, 4.69) is 15.2 Å². The van der Waals surface area contributed by atoms with Crippen LogP contribution in [0.5, 0.6) is 0 Å². The molecule has 1 aliphatic heterocycles. The van der Waals surface area contributed by atoms with Gasteiger partial charge in [-0.3, -0.25) is 14.4 Å². The first-order chi connectivity index (χ1) is 12.6. The lowest BCUT2D eigenvalue weighted by Gasteiger charge is -2.33. The molecule has 2 amide bonds. The van der Waals surface area contributed by atoms with Crippen LogP contribution < -0.4 is 10.2 Å². The largest absolute Gasteiger partial charge is 0.353 e. The van der Waals surface area contributed by atoms with Crippen LogP contribution in [0.1, 0.15) is 27.6 Å². The second-order valence-corrected chi connectivity index (χ2v) is 6.12. The average molecular weight is 352 g/mol. The van der Waals surface area contributed by atoms with Gasteiger partial charge in [0.2, 0.25) is 6.41 Å². The van der Waals surface area contributed by atoms with Gasteiger partial charge in [-0.15, -0.1) is 0 Å². The number of Topliss-reactive ketones (excluding diaryl/α,β-unsaturated/α-hetero) is 1. The van der Waals surface area contributed by atoms with Crippen molar-refractivity contribution in [2.45, 2.75) is 6.92 Å². The Bertz CT molecular complexity index is 812. The molecule has 1 aliphatic rings. The minimum absolute atomic E-state index is 0.0539. The average Bonchev–Trinajstić information content (AvgIpc) is 2.68. The van der Waals surface area contributed by atoms with E-state index < -0.39 is 0 Å². The minimum Gasteiger partial charge on any atom is -0.353 e. The number of carbonyl (C=O) groups excluding carboxylic acids is 3. The highest BCUT2D eigenvalue weighted by Gasteiger charge is 2.17. The summed E-state index contributed by atoms with van der Waals surface area (Å²) in [6, 6.07) is 10.3. The molecule has 0 saturated carbocycles. The molecule has 0 atom stereocenters. The second-order valence-electron chi connectivity index (χ2n) is 6.12. The number of aromatic nitrogens is 1. The number of nitrogens with one attached hydrogen (secondary N) is 1. The number of hydrogen-bond donors (Lipinski definition) is 1. The first-order valence-corrected chi connectivity index (χ1v) is 8.39. The standard InChI is InChI=1S/C19H20N4O3/c1-14(25)15-3-2-4-17(11-15)21-19(26)16-5-6-18(20-12-16)23-9-7-22(13-24)8-10-23/h2-6,11-13H,7-10H2,1H3,(H,21,26). The molecule has 3 rings (SSSR count). The van der Waals surface area contributed by atoms with Crippen LogP contribution in [0.15, 0.2) is 42.6 Å². The Morgan fingerprint density at radius 3 is 2.46 bits per heavy atom. The molecule has 1 aromatic heterocycles. The van der Waals surface area contributed by atoms with Crippen LogP contribution in [0, 0.1) is 0 Å². The van der Waals surface area contributed by atoms with E-state index in [9.17, 15) is 14.4 Å². The molecule has 0 spiro atoms. The first kappa shape index (κ1) is 17.6. The zero-order chi connectivity index (χ0) is 18.5. The van der Waals surface area contributed by atoms with Crippen molar-refractivity contribution in [2.24, 2.45) is 0 Å². The van der Waals surface area contributed by atoms with E-state index in [-0.39, 0.29) is 11.7 Å². The van der Waals surface area contributed by atoms with Crippen molar-refractivity contribution in [1.29, 1.82) is 0 Å². The summed E-state index contributed by atoms with van der Waals surface area (Å²) in [5, 5.41) is 2.78. The van der Waals surface area contributed by atoms with E-state index >= 15 is 0 Å². The molecule has 7 nitrogen and oxygen atoms in total. The topological polar surface area (TPSA) is 82.6 Å². The fourth-order valence-corrected chi connectivity index (χ4v) is 2.78. The number of benzene rings is 1. The molecular formula is C19H20N4O3. The Balaban J connectivity index is 1.65. The molecule has 0 radical (unpaired) electrons. The molecule has 1 aromatic carbocycles. The third-order valence-electron chi connectivity index (χ3n) is 4.32. The summed E-state index contributed by atoms with van der Waals surface area (Å²) in [4.78, 5) is 42.7. The van der Waals surface area contributed by atoms with Crippen molar-refractivity contribution in [2.75, 3.05) is 36.4 Å². The molecule has 7 heteroatoms. The maximum atomic E-state index is 12.4. The van der Waals surface area contributed by atoms with Crippen molar-refractivity contribution >= 4 is 29.6 Å². The predicted octanol–water partition coefficient (Wildman–Crippen LogP) is 1.81. The Morgan fingerprint density at radius 1 is 1.08 bits per heavy atom. The van der Waals surface area contributed by atoms with Gasteiger partial charge in [0, 0.05) is 43.6 Å². The van der Waals surface area contributed by atoms with Gasteiger partial charge in [0.05, 0.1) is 5.56 Å². The monoisotopic (exact) mass is 352 g/mol.